The van der Waals surface area contributed by atoms with Gasteiger partial charge in [-0.3, -0.25) is 0 Å². The fourth-order valence-electron chi connectivity index (χ4n) is 1.67. The molecule has 0 bridgehead atoms. The minimum atomic E-state index is -3.51. The number of aliphatic hydroxyl groups excluding tert-OH is 3. The topological polar surface area (TPSA) is 121 Å². The average Bonchev–Trinajstić information content (AvgIpc) is 2.35. The Bertz CT molecular complexity index is 224. The van der Waals surface area contributed by atoms with Crippen LogP contribution in [-0.2, 0) is 0 Å². The fraction of sp³-hybridized carbons (Fsp3) is 1.00. The molecule has 0 heterocycles. The van der Waals surface area contributed by atoms with E-state index in [-0.39, 0.29) is 19.1 Å². The number of hydrogen-bond donors (Lipinski definition) is 6. The molecule has 0 aliphatic heterocycles. The summed E-state index contributed by atoms with van der Waals surface area (Å²) >= 11 is 1.76. The van der Waals surface area contributed by atoms with Crippen LogP contribution in [0.4, 0.5) is 0 Å². The maximum absolute atomic E-state index is 8.84. The van der Waals surface area contributed by atoms with Crippen LogP contribution in [-0.4, -0.2) is 64.9 Å². The molecule has 0 aliphatic carbocycles. The van der Waals surface area contributed by atoms with E-state index in [4.69, 9.17) is 30.0 Å². The van der Waals surface area contributed by atoms with Gasteiger partial charge in [-0.05, 0) is 12.8 Å². The van der Waals surface area contributed by atoms with Gasteiger partial charge in [0.15, 0.2) is 0 Å². The molecule has 6 nitrogen and oxygen atoms in total. The van der Waals surface area contributed by atoms with Gasteiger partial charge in [0, 0.05) is 25.7 Å². The molecular formula is C12H29O6PSe. The molecular weight excluding hydrogens is 350 g/mol. The minimum absolute atomic E-state index is 0.0828. The Morgan fingerprint density at radius 3 is 1.40 bits per heavy atom. The van der Waals surface area contributed by atoms with Crippen molar-refractivity contribution >= 4 is 21.3 Å². The van der Waals surface area contributed by atoms with Crippen LogP contribution >= 0.6 is 6.19 Å². The summed E-state index contributed by atoms with van der Waals surface area (Å²) in [7, 11) is 0. The zero-order chi connectivity index (χ0) is 15.9. The molecule has 0 saturated heterocycles. The van der Waals surface area contributed by atoms with Gasteiger partial charge in [-0.25, -0.2) is 0 Å². The molecule has 0 aromatic carbocycles. The van der Waals surface area contributed by atoms with Gasteiger partial charge in [-0.1, -0.05) is 38.5 Å². The summed E-state index contributed by atoms with van der Waals surface area (Å²) in [5.74, 6) is 0.0828. The summed E-state index contributed by atoms with van der Waals surface area (Å²) < 4.78 is 0. The third-order valence-electron chi connectivity index (χ3n) is 2.79. The second kappa shape index (κ2) is 16.1. The Kier molecular flexibility index (Phi) is 18.5. The van der Waals surface area contributed by atoms with Crippen LogP contribution in [0.25, 0.3) is 0 Å². The SMILES string of the molecule is OCCCCCCCCCC(CO)CO.OP(O)(O)=[Se]. The van der Waals surface area contributed by atoms with Crippen molar-refractivity contribution < 1.29 is 30.0 Å². The van der Waals surface area contributed by atoms with Crippen LogP contribution in [0.1, 0.15) is 51.4 Å². The molecule has 0 spiro atoms. The summed E-state index contributed by atoms with van der Waals surface area (Å²) in [6.45, 7) is 0.523. The molecule has 0 aliphatic rings. The van der Waals surface area contributed by atoms with Crippen LogP contribution in [0, 0.1) is 5.92 Å². The van der Waals surface area contributed by atoms with Gasteiger partial charge < -0.3 is 15.3 Å². The summed E-state index contributed by atoms with van der Waals surface area (Å²) in [5, 5.41) is 26.3. The van der Waals surface area contributed by atoms with Crippen LogP contribution in [0.15, 0.2) is 0 Å². The van der Waals surface area contributed by atoms with Crippen molar-refractivity contribution in [2.45, 2.75) is 51.4 Å². The zero-order valence-electron chi connectivity index (χ0n) is 11.9. The monoisotopic (exact) mass is 380 g/mol. The second-order valence-corrected chi connectivity index (χ2v) is 8.84. The van der Waals surface area contributed by atoms with E-state index in [1.54, 1.807) is 15.1 Å². The van der Waals surface area contributed by atoms with E-state index >= 15 is 0 Å². The van der Waals surface area contributed by atoms with E-state index in [2.05, 4.69) is 0 Å². The predicted molar refractivity (Wildman–Crippen MR) is 81.0 cm³/mol. The van der Waals surface area contributed by atoms with Crippen LogP contribution in [0.3, 0.4) is 0 Å². The van der Waals surface area contributed by atoms with Crippen molar-refractivity contribution in [3.8, 4) is 0 Å². The second-order valence-electron chi connectivity index (χ2n) is 4.73. The molecule has 0 amide bonds. The van der Waals surface area contributed by atoms with Crippen LogP contribution in [0.5, 0.6) is 0 Å². The van der Waals surface area contributed by atoms with Gasteiger partial charge in [-0.15, -0.1) is 0 Å². The number of aliphatic hydroxyl groups is 3. The van der Waals surface area contributed by atoms with Gasteiger partial charge in [0.05, 0.1) is 0 Å². The maximum atomic E-state index is 8.84. The van der Waals surface area contributed by atoms with Crippen molar-refractivity contribution in [3.05, 3.63) is 0 Å². The molecule has 6 N–H and O–H groups in total. The standard InChI is InChI=1S/C12H26O3.H3O3PSe/c13-9-7-5-3-1-2-4-6-8-12(10-14)11-15;1-4(2,3)5/h12-15H,1-11H2;(H3,1,2,3,5). The molecule has 0 rings (SSSR count). The van der Waals surface area contributed by atoms with Crippen molar-refractivity contribution in [1.29, 1.82) is 0 Å². The Labute approximate surface area is 128 Å². The predicted octanol–water partition coefficient (Wildman–Crippen LogP) is 0.510. The molecule has 0 radical (unpaired) electrons. The van der Waals surface area contributed by atoms with E-state index in [1.807, 2.05) is 0 Å². The summed E-state index contributed by atoms with van der Waals surface area (Å²) in [6, 6.07) is 0. The number of unbranched alkanes of at least 4 members (excludes halogenated alkanes) is 6. The van der Waals surface area contributed by atoms with Crippen molar-refractivity contribution in [2.75, 3.05) is 19.8 Å². The molecule has 0 unspecified atom stereocenters. The van der Waals surface area contributed by atoms with E-state index in [9.17, 15) is 0 Å². The van der Waals surface area contributed by atoms with Gasteiger partial charge in [-0.2, -0.15) is 0 Å². The Morgan fingerprint density at radius 1 is 0.700 bits per heavy atom. The number of rotatable bonds is 11. The van der Waals surface area contributed by atoms with Crippen LogP contribution in [0.2, 0.25) is 0 Å². The molecule has 8 heteroatoms. The van der Waals surface area contributed by atoms with Crippen LogP contribution < -0.4 is 0 Å². The van der Waals surface area contributed by atoms with Crippen molar-refractivity contribution in [1.82, 2.24) is 0 Å². The molecule has 124 valence electrons. The van der Waals surface area contributed by atoms with Gasteiger partial charge in [0.2, 0.25) is 0 Å². The first kappa shape index (κ1) is 23.0. The summed E-state index contributed by atoms with van der Waals surface area (Å²) in [6.07, 6.45) is 5.45. The quantitative estimate of drug-likeness (QED) is 0.177. The van der Waals surface area contributed by atoms with Gasteiger partial charge >= 0.3 is 36.0 Å². The average molecular weight is 379 g/mol. The Hall–Kier alpha value is 0.709. The van der Waals surface area contributed by atoms with Crippen molar-refractivity contribution in [3.63, 3.8) is 0 Å². The van der Waals surface area contributed by atoms with Gasteiger partial charge in [0.1, 0.15) is 0 Å². The Balaban J connectivity index is 0. The first-order chi connectivity index (χ1) is 9.35. The molecule has 0 aromatic rings. The molecule has 20 heavy (non-hydrogen) atoms. The van der Waals surface area contributed by atoms with E-state index in [0.29, 0.717) is 6.61 Å². The molecule has 0 atom stereocenters. The number of hydrogen-bond acceptors (Lipinski definition) is 6. The molecule has 0 fully saturated rings. The summed E-state index contributed by atoms with van der Waals surface area (Å²) in [5.41, 5.74) is 0. The van der Waals surface area contributed by atoms with E-state index in [1.165, 1.54) is 25.7 Å². The third kappa shape index (κ3) is 27.1. The fourth-order valence-corrected chi connectivity index (χ4v) is 1.67. The zero-order valence-corrected chi connectivity index (χ0v) is 14.5. The van der Waals surface area contributed by atoms with Gasteiger partial charge in [0.25, 0.3) is 0 Å². The first-order valence-electron chi connectivity index (χ1n) is 6.96. The van der Waals surface area contributed by atoms with E-state index in [0.717, 1.165) is 25.7 Å². The van der Waals surface area contributed by atoms with E-state index < -0.39 is 6.19 Å². The third-order valence-corrected chi connectivity index (χ3v) is 2.79. The first-order valence-corrected chi connectivity index (χ1v) is 10.8. The normalized spacial score (nSPS) is 11.3. The molecule has 0 aromatic heterocycles. The van der Waals surface area contributed by atoms with Crippen molar-refractivity contribution in [2.24, 2.45) is 5.92 Å². The summed E-state index contributed by atoms with van der Waals surface area (Å²) in [4.78, 5) is 23.1. The Morgan fingerprint density at radius 2 is 1.05 bits per heavy atom. The molecule has 0 saturated carbocycles.